The fraction of sp³-hybridized carbons (Fsp3) is 0.308. The van der Waals surface area contributed by atoms with E-state index in [1.165, 1.54) is 22.3 Å². The number of rotatable bonds is 2. The van der Waals surface area contributed by atoms with E-state index in [4.69, 9.17) is 5.73 Å². The first kappa shape index (κ1) is 12.7. The summed E-state index contributed by atoms with van der Waals surface area (Å²) in [5, 5.41) is 1.04. The maximum Gasteiger partial charge on any atom is 0.125 e. The van der Waals surface area contributed by atoms with Crippen LogP contribution in [0.2, 0.25) is 0 Å². The third kappa shape index (κ3) is 2.30. The molecule has 0 unspecified atom stereocenters. The number of aromatic nitrogens is 1. The van der Waals surface area contributed by atoms with Crippen LogP contribution in [0.1, 0.15) is 22.4 Å². The highest BCUT2D eigenvalue weighted by atomic mass is 79.9. The van der Waals surface area contributed by atoms with E-state index < -0.39 is 0 Å². The van der Waals surface area contributed by atoms with Gasteiger partial charge in [-0.1, -0.05) is 12.1 Å². The number of hydrogen-bond donors (Lipinski definition) is 1. The second-order valence-corrected chi connectivity index (χ2v) is 6.44. The lowest BCUT2D eigenvalue weighted by atomic mass is 9.99. The second kappa shape index (κ2) is 4.88. The average Bonchev–Trinajstić information content (AvgIpc) is 2.67. The van der Waals surface area contributed by atoms with Crippen molar-refractivity contribution in [3.63, 3.8) is 0 Å². The van der Waals surface area contributed by atoms with Gasteiger partial charge in [0.2, 0.25) is 0 Å². The molecule has 0 aliphatic heterocycles. The molecule has 0 amide bonds. The number of hydrogen-bond acceptors (Lipinski definition) is 3. The molecule has 2 aromatic rings. The lowest BCUT2D eigenvalue weighted by Crippen LogP contribution is -1.97. The van der Waals surface area contributed by atoms with Crippen LogP contribution in [-0.4, -0.2) is 4.98 Å². The highest BCUT2D eigenvalue weighted by molar-refractivity contribution is 9.11. The van der Waals surface area contributed by atoms with Gasteiger partial charge in [0.1, 0.15) is 5.01 Å². The molecule has 17 heavy (non-hydrogen) atoms. The minimum absolute atomic E-state index is 0.473. The summed E-state index contributed by atoms with van der Waals surface area (Å²) in [5.41, 5.74) is 11.7. The zero-order valence-electron chi connectivity index (χ0n) is 10.2. The number of nitrogens with two attached hydrogens (primary N) is 1. The van der Waals surface area contributed by atoms with Crippen LogP contribution in [-0.2, 0) is 6.54 Å². The van der Waals surface area contributed by atoms with Crippen LogP contribution in [0.3, 0.4) is 0 Å². The number of nitrogens with zero attached hydrogens (tertiary/aromatic N) is 1. The van der Waals surface area contributed by atoms with Crippen molar-refractivity contribution < 1.29 is 0 Å². The van der Waals surface area contributed by atoms with E-state index >= 15 is 0 Å². The van der Waals surface area contributed by atoms with E-state index in [-0.39, 0.29) is 0 Å². The minimum Gasteiger partial charge on any atom is -0.325 e. The van der Waals surface area contributed by atoms with Crippen LogP contribution in [0.25, 0.3) is 10.6 Å². The molecule has 0 bridgehead atoms. The van der Waals surface area contributed by atoms with E-state index in [1.54, 1.807) is 11.3 Å². The van der Waals surface area contributed by atoms with Gasteiger partial charge in [-0.05, 0) is 53.4 Å². The molecule has 0 fully saturated rings. The largest absolute Gasteiger partial charge is 0.325 e. The Morgan fingerprint density at radius 2 is 1.94 bits per heavy atom. The van der Waals surface area contributed by atoms with Crippen LogP contribution >= 0.6 is 27.3 Å². The van der Waals surface area contributed by atoms with Crippen LogP contribution in [0.4, 0.5) is 0 Å². The summed E-state index contributed by atoms with van der Waals surface area (Å²) >= 11 is 5.15. The molecule has 2 nitrogen and oxygen atoms in total. The van der Waals surface area contributed by atoms with Gasteiger partial charge in [-0.15, -0.1) is 11.3 Å². The molecule has 90 valence electrons. The van der Waals surface area contributed by atoms with Crippen molar-refractivity contribution in [2.24, 2.45) is 5.73 Å². The summed E-state index contributed by atoms with van der Waals surface area (Å²) < 4.78 is 1.03. The predicted molar refractivity (Wildman–Crippen MR) is 77.4 cm³/mol. The number of aryl methyl sites for hydroxylation is 1. The first-order valence-corrected chi connectivity index (χ1v) is 7.08. The van der Waals surface area contributed by atoms with E-state index in [0.717, 1.165) is 14.5 Å². The number of halogens is 1. The molecule has 0 radical (unpaired) electrons. The molecule has 0 saturated heterocycles. The molecule has 0 aliphatic carbocycles. The quantitative estimate of drug-likeness (QED) is 0.912. The topological polar surface area (TPSA) is 38.9 Å². The molecule has 0 saturated carbocycles. The van der Waals surface area contributed by atoms with Crippen molar-refractivity contribution in [1.29, 1.82) is 0 Å². The Morgan fingerprint density at radius 3 is 2.53 bits per heavy atom. The predicted octanol–water partition coefficient (Wildman–Crippen LogP) is 3.96. The molecule has 2 rings (SSSR count). The summed E-state index contributed by atoms with van der Waals surface area (Å²) in [5.74, 6) is 0. The van der Waals surface area contributed by atoms with Crippen LogP contribution in [0, 0.1) is 20.8 Å². The van der Waals surface area contributed by atoms with Crippen molar-refractivity contribution in [3.8, 4) is 10.6 Å². The standard InChI is InChI=1S/C13H15BrN2S/c1-7-4-5-10(9(3)8(7)2)13-16-11(6-15)12(14)17-13/h4-5H,6,15H2,1-3H3. The lowest BCUT2D eigenvalue weighted by Gasteiger charge is -2.08. The Kier molecular flexibility index (Phi) is 3.66. The fourth-order valence-electron chi connectivity index (χ4n) is 1.76. The third-order valence-electron chi connectivity index (χ3n) is 3.13. The van der Waals surface area contributed by atoms with Crippen molar-refractivity contribution in [2.45, 2.75) is 27.3 Å². The molecule has 1 heterocycles. The zero-order chi connectivity index (χ0) is 12.6. The number of thiazole rings is 1. The zero-order valence-corrected chi connectivity index (χ0v) is 12.6. The first-order chi connectivity index (χ1) is 8.04. The monoisotopic (exact) mass is 310 g/mol. The van der Waals surface area contributed by atoms with Gasteiger partial charge in [0, 0.05) is 12.1 Å². The molecule has 0 spiro atoms. The Labute approximate surface area is 114 Å². The van der Waals surface area contributed by atoms with Gasteiger partial charge >= 0.3 is 0 Å². The molecule has 0 atom stereocenters. The average molecular weight is 311 g/mol. The maximum atomic E-state index is 5.65. The van der Waals surface area contributed by atoms with Gasteiger partial charge in [-0.3, -0.25) is 0 Å². The fourth-order valence-corrected chi connectivity index (χ4v) is 3.38. The summed E-state index contributed by atoms with van der Waals surface area (Å²) in [6, 6.07) is 4.29. The summed E-state index contributed by atoms with van der Waals surface area (Å²) in [4.78, 5) is 4.58. The SMILES string of the molecule is Cc1ccc(-c2nc(CN)c(Br)s2)c(C)c1C. The van der Waals surface area contributed by atoms with Gasteiger partial charge in [-0.25, -0.2) is 4.98 Å². The summed E-state index contributed by atoms with van der Waals surface area (Å²) in [6.07, 6.45) is 0. The first-order valence-electron chi connectivity index (χ1n) is 5.47. The van der Waals surface area contributed by atoms with Crippen LogP contribution in [0.5, 0.6) is 0 Å². The van der Waals surface area contributed by atoms with E-state index in [2.05, 4.69) is 53.8 Å². The van der Waals surface area contributed by atoms with Gasteiger partial charge in [0.25, 0.3) is 0 Å². The Hall–Kier alpha value is -0.710. The van der Waals surface area contributed by atoms with Gasteiger partial charge in [0.05, 0.1) is 9.48 Å². The summed E-state index contributed by atoms with van der Waals surface area (Å²) in [6.45, 7) is 6.91. The van der Waals surface area contributed by atoms with Crippen molar-refractivity contribution >= 4 is 27.3 Å². The Morgan fingerprint density at radius 1 is 1.24 bits per heavy atom. The van der Waals surface area contributed by atoms with E-state index in [0.29, 0.717) is 6.54 Å². The molecule has 2 N–H and O–H groups in total. The van der Waals surface area contributed by atoms with Crippen molar-refractivity contribution in [3.05, 3.63) is 38.3 Å². The normalized spacial score (nSPS) is 10.9. The number of benzene rings is 1. The second-order valence-electron chi connectivity index (χ2n) is 4.12. The third-order valence-corrected chi connectivity index (χ3v) is 4.99. The molecule has 1 aromatic carbocycles. The van der Waals surface area contributed by atoms with Crippen molar-refractivity contribution in [1.82, 2.24) is 4.98 Å². The highest BCUT2D eigenvalue weighted by Gasteiger charge is 2.12. The molecule has 0 aliphatic rings. The Balaban J connectivity index is 2.57. The van der Waals surface area contributed by atoms with Gasteiger partial charge in [0.15, 0.2) is 0 Å². The molecular formula is C13H15BrN2S. The minimum atomic E-state index is 0.473. The highest BCUT2D eigenvalue weighted by Crippen LogP contribution is 2.34. The molecule has 4 heteroatoms. The summed E-state index contributed by atoms with van der Waals surface area (Å²) in [7, 11) is 0. The van der Waals surface area contributed by atoms with E-state index in [9.17, 15) is 0 Å². The van der Waals surface area contributed by atoms with Crippen molar-refractivity contribution in [2.75, 3.05) is 0 Å². The lowest BCUT2D eigenvalue weighted by molar-refractivity contribution is 1.01. The molecular weight excluding hydrogens is 296 g/mol. The Bertz CT molecular complexity index is 561. The van der Waals surface area contributed by atoms with Crippen LogP contribution in [0.15, 0.2) is 15.9 Å². The van der Waals surface area contributed by atoms with E-state index in [1.807, 2.05) is 0 Å². The van der Waals surface area contributed by atoms with Crippen LogP contribution < -0.4 is 5.73 Å². The van der Waals surface area contributed by atoms with Gasteiger partial charge < -0.3 is 5.73 Å². The maximum absolute atomic E-state index is 5.65. The molecule has 1 aromatic heterocycles. The van der Waals surface area contributed by atoms with Gasteiger partial charge in [-0.2, -0.15) is 0 Å². The smallest absolute Gasteiger partial charge is 0.125 e.